The summed E-state index contributed by atoms with van der Waals surface area (Å²) in [6.07, 6.45) is 5.20. The number of nitrogens with zero attached hydrogens (tertiary/aromatic N) is 4. The molecule has 1 aromatic carbocycles. The van der Waals surface area contributed by atoms with E-state index in [1.165, 1.54) is 11.1 Å². The number of benzene rings is 1. The van der Waals surface area contributed by atoms with Gasteiger partial charge >= 0.3 is 0 Å². The third-order valence-corrected chi connectivity index (χ3v) is 5.17. The van der Waals surface area contributed by atoms with Crippen molar-refractivity contribution >= 4 is 0 Å². The Bertz CT molecular complexity index is 908. The van der Waals surface area contributed by atoms with Crippen molar-refractivity contribution in [3.63, 3.8) is 0 Å². The molecule has 2 aromatic heterocycles. The van der Waals surface area contributed by atoms with E-state index in [9.17, 15) is 5.11 Å². The molecule has 0 bridgehead atoms. The molecule has 2 atom stereocenters. The highest BCUT2D eigenvalue weighted by Crippen LogP contribution is 2.44. The fourth-order valence-corrected chi connectivity index (χ4v) is 4.12. The van der Waals surface area contributed by atoms with Crippen molar-refractivity contribution in [1.29, 1.82) is 0 Å². The van der Waals surface area contributed by atoms with E-state index in [1.54, 1.807) is 0 Å². The Kier molecular flexibility index (Phi) is 2.59. The topological polar surface area (TPSA) is 55.9 Å². The van der Waals surface area contributed by atoms with Gasteiger partial charge in [-0.05, 0) is 30.9 Å². The average molecular weight is 306 g/mol. The number of rotatable bonds is 1. The number of aliphatic hydroxyl groups excluding tert-OH is 1. The Balaban J connectivity index is 1.75. The van der Waals surface area contributed by atoms with E-state index < -0.39 is 6.10 Å². The molecule has 0 aliphatic carbocycles. The highest BCUT2D eigenvalue weighted by Gasteiger charge is 2.35. The summed E-state index contributed by atoms with van der Waals surface area (Å²) in [7, 11) is 0. The number of hydrogen-bond acceptors (Lipinski definition) is 3. The van der Waals surface area contributed by atoms with Crippen LogP contribution in [0.3, 0.4) is 0 Å². The Hall–Kier alpha value is -2.40. The third-order valence-electron chi connectivity index (χ3n) is 5.17. The summed E-state index contributed by atoms with van der Waals surface area (Å²) in [5.41, 5.74) is 6.75. The second kappa shape index (κ2) is 4.55. The van der Waals surface area contributed by atoms with Crippen LogP contribution >= 0.6 is 0 Å². The molecule has 5 nitrogen and oxygen atoms in total. The smallest absolute Gasteiger partial charge is 0.105 e. The first kappa shape index (κ1) is 13.1. The standard InChI is InChI=1S/C18H18N4O/c1-11-16(20-22-8-4-7-15(23)17(11)22)18-13-6-3-2-5-12(13)14-9-19-10-21(14)18/h2-3,5-6,9-10,15,18,23H,4,7-8H2,1H3/t15?,18-/m0/s1. The molecule has 3 aromatic rings. The van der Waals surface area contributed by atoms with Crippen molar-refractivity contribution in [2.45, 2.75) is 38.5 Å². The van der Waals surface area contributed by atoms with Gasteiger partial charge < -0.3 is 9.67 Å². The van der Waals surface area contributed by atoms with Crippen LogP contribution in [0.15, 0.2) is 36.8 Å². The summed E-state index contributed by atoms with van der Waals surface area (Å²) in [4.78, 5) is 4.32. The lowest BCUT2D eigenvalue weighted by Gasteiger charge is -2.19. The maximum atomic E-state index is 10.4. The molecule has 5 rings (SSSR count). The van der Waals surface area contributed by atoms with Gasteiger partial charge in [-0.3, -0.25) is 4.68 Å². The van der Waals surface area contributed by atoms with Gasteiger partial charge in [0.2, 0.25) is 0 Å². The fraction of sp³-hybridized carbons (Fsp3) is 0.333. The number of fused-ring (bicyclic) bond motifs is 4. The van der Waals surface area contributed by atoms with Gasteiger partial charge in [0.05, 0.1) is 35.7 Å². The van der Waals surface area contributed by atoms with Crippen molar-refractivity contribution in [1.82, 2.24) is 19.3 Å². The summed E-state index contributed by atoms with van der Waals surface area (Å²) in [6.45, 7) is 2.97. The summed E-state index contributed by atoms with van der Waals surface area (Å²) < 4.78 is 4.19. The number of aromatic nitrogens is 4. The molecule has 0 fully saturated rings. The van der Waals surface area contributed by atoms with Crippen LogP contribution in [-0.2, 0) is 6.54 Å². The molecule has 2 aliphatic rings. The summed E-state index contributed by atoms with van der Waals surface area (Å²) in [6, 6.07) is 8.50. The van der Waals surface area contributed by atoms with Crippen LogP contribution in [0.1, 0.15) is 47.5 Å². The van der Waals surface area contributed by atoms with Gasteiger partial charge in [-0.25, -0.2) is 4.98 Å². The Morgan fingerprint density at radius 1 is 1.26 bits per heavy atom. The van der Waals surface area contributed by atoms with E-state index >= 15 is 0 Å². The van der Waals surface area contributed by atoms with Crippen LogP contribution in [0, 0.1) is 6.92 Å². The maximum Gasteiger partial charge on any atom is 0.105 e. The van der Waals surface area contributed by atoms with Gasteiger partial charge in [-0.2, -0.15) is 5.10 Å². The highest BCUT2D eigenvalue weighted by molar-refractivity contribution is 5.70. The molecule has 116 valence electrons. The van der Waals surface area contributed by atoms with Crippen LogP contribution in [0.5, 0.6) is 0 Å². The van der Waals surface area contributed by atoms with Crippen LogP contribution in [0.25, 0.3) is 11.3 Å². The van der Waals surface area contributed by atoms with Gasteiger partial charge in [0.15, 0.2) is 0 Å². The molecular formula is C18H18N4O. The van der Waals surface area contributed by atoms with E-state index in [0.717, 1.165) is 42.0 Å². The number of imidazole rings is 1. The summed E-state index contributed by atoms with van der Waals surface area (Å²) >= 11 is 0. The normalized spacial score (nSPS) is 21.8. The molecule has 2 aliphatic heterocycles. The van der Waals surface area contributed by atoms with Crippen molar-refractivity contribution in [3.8, 4) is 11.3 Å². The Morgan fingerprint density at radius 3 is 3.00 bits per heavy atom. The van der Waals surface area contributed by atoms with E-state index in [1.807, 2.05) is 17.2 Å². The Morgan fingerprint density at radius 2 is 2.13 bits per heavy atom. The monoisotopic (exact) mass is 306 g/mol. The van der Waals surface area contributed by atoms with Crippen LogP contribution in [0.2, 0.25) is 0 Å². The zero-order valence-electron chi connectivity index (χ0n) is 13.0. The lowest BCUT2D eigenvalue weighted by molar-refractivity contribution is 0.134. The maximum absolute atomic E-state index is 10.4. The molecule has 0 spiro atoms. The van der Waals surface area contributed by atoms with Gasteiger partial charge in [0.1, 0.15) is 6.04 Å². The molecule has 0 saturated heterocycles. The number of aliphatic hydroxyl groups is 1. The largest absolute Gasteiger partial charge is 0.387 e. The fourth-order valence-electron chi connectivity index (χ4n) is 4.12. The minimum absolute atomic E-state index is 0.0500. The predicted octanol–water partition coefficient (Wildman–Crippen LogP) is 2.83. The van der Waals surface area contributed by atoms with E-state index in [2.05, 4.69) is 40.7 Å². The number of aryl methyl sites for hydroxylation is 1. The molecule has 0 amide bonds. The molecule has 5 heteroatoms. The highest BCUT2D eigenvalue weighted by atomic mass is 16.3. The van der Waals surface area contributed by atoms with Crippen LogP contribution < -0.4 is 0 Å². The molecule has 4 heterocycles. The first-order valence-corrected chi connectivity index (χ1v) is 8.12. The average Bonchev–Trinajstić information content (AvgIpc) is 3.21. The second-order valence-corrected chi connectivity index (χ2v) is 6.45. The minimum Gasteiger partial charge on any atom is -0.387 e. The quantitative estimate of drug-likeness (QED) is 0.588. The van der Waals surface area contributed by atoms with Crippen molar-refractivity contribution in [3.05, 3.63) is 59.3 Å². The van der Waals surface area contributed by atoms with Crippen molar-refractivity contribution in [2.24, 2.45) is 0 Å². The first-order valence-electron chi connectivity index (χ1n) is 8.12. The second-order valence-electron chi connectivity index (χ2n) is 6.45. The van der Waals surface area contributed by atoms with Crippen molar-refractivity contribution in [2.75, 3.05) is 0 Å². The molecule has 1 unspecified atom stereocenters. The molecule has 0 radical (unpaired) electrons. The number of hydrogen-bond donors (Lipinski definition) is 1. The Labute approximate surface area is 134 Å². The van der Waals surface area contributed by atoms with E-state index in [-0.39, 0.29) is 6.04 Å². The van der Waals surface area contributed by atoms with Gasteiger partial charge in [-0.15, -0.1) is 0 Å². The van der Waals surface area contributed by atoms with Crippen molar-refractivity contribution < 1.29 is 5.11 Å². The lowest BCUT2D eigenvalue weighted by atomic mass is 9.96. The van der Waals surface area contributed by atoms with Gasteiger partial charge in [0, 0.05) is 12.1 Å². The zero-order valence-corrected chi connectivity index (χ0v) is 13.0. The third kappa shape index (κ3) is 1.65. The molecule has 0 saturated carbocycles. The lowest BCUT2D eigenvalue weighted by Crippen LogP contribution is -2.16. The van der Waals surface area contributed by atoms with Crippen LogP contribution in [0.4, 0.5) is 0 Å². The van der Waals surface area contributed by atoms with E-state index in [0.29, 0.717) is 0 Å². The zero-order chi connectivity index (χ0) is 15.6. The SMILES string of the molecule is Cc1c([C@@H]2c3ccccc3-c3cncn32)nn2c1C(O)CCC2. The molecular weight excluding hydrogens is 288 g/mol. The minimum atomic E-state index is -0.399. The van der Waals surface area contributed by atoms with Crippen LogP contribution in [-0.4, -0.2) is 24.4 Å². The van der Waals surface area contributed by atoms with Gasteiger partial charge in [0.25, 0.3) is 0 Å². The van der Waals surface area contributed by atoms with E-state index in [4.69, 9.17) is 5.10 Å². The summed E-state index contributed by atoms with van der Waals surface area (Å²) in [5, 5.41) is 15.2. The summed E-state index contributed by atoms with van der Waals surface area (Å²) in [5.74, 6) is 0. The molecule has 23 heavy (non-hydrogen) atoms. The first-order chi connectivity index (χ1) is 11.3. The molecule has 1 N–H and O–H groups in total. The van der Waals surface area contributed by atoms with Gasteiger partial charge in [-0.1, -0.05) is 24.3 Å². The predicted molar refractivity (Wildman–Crippen MR) is 86.1 cm³/mol.